The molecule has 3 rings (SSSR count). The van der Waals surface area contributed by atoms with Crippen molar-refractivity contribution in [3.8, 4) is 0 Å². The van der Waals surface area contributed by atoms with Gasteiger partial charge in [-0.05, 0) is 45.0 Å². The highest BCUT2D eigenvalue weighted by molar-refractivity contribution is 5.79. The topological polar surface area (TPSA) is 47.1 Å². The fourth-order valence-electron chi connectivity index (χ4n) is 2.91. The van der Waals surface area contributed by atoms with Crippen molar-refractivity contribution in [3.63, 3.8) is 0 Å². The van der Waals surface area contributed by atoms with E-state index in [1.54, 1.807) is 0 Å². The lowest BCUT2D eigenvalue weighted by molar-refractivity contribution is 0.226. The molecule has 1 aliphatic carbocycles. The number of hydrogen-bond acceptors (Lipinski definition) is 3. The quantitative estimate of drug-likeness (QED) is 0.851. The Morgan fingerprint density at radius 3 is 2.85 bits per heavy atom. The van der Waals surface area contributed by atoms with Crippen LogP contribution in [-0.4, -0.2) is 33.6 Å². The zero-order valence-electron chi connectivity index (χ0n) is 12.6. The highest BCUT2D eigenvalue weighted by Crippen LogP contribution is 2.28. The van der Waals surface area contributed by atoms with Crippen LogP contribution in [0, 0.1) is 0 Å². The number of likely N-dealkylation sites (N-methyl/N-ethyl adjacent to an activating group) is 1. The number of nitrogen functional groups attached to an aromatic ring is 1. The molecule has 2 aromatic rings. The van der Waals surface area contributed by atoms with Gasteiger partial charge in [-0.3, -0.25) is 4.90 Å². The molecule has 0 saturated heterocycles. The van der Waals surface area contributed by atoms with Gasteiger partial charge in [0.2, 0.25) is 0 Å². The first-order chi connectivity index (χ1) is 9.60. The van der Waals surface area contributed by atoms with Gasteiger partial charge in [0.15, 0.2) is 0 Å². The molecule has 1 fully saturated rings. The first-order valence-corrected chi connectivity index (χ1v) is 7.56. The normalized spacial score (nSPS) is 17.0. The largest absolute Gasteiger partial charge is 0.399 e. The summed E-state index contributed by atoms with van der Waals surface area (Å²) in [5.41, 5.74) is 8.87. The van der Waals surface area contributed by atoms with Crippen molar-refractivity contribution in [2.75, 3.05) is 12.8 Å². The number of hydrogen-bond donors (Lipinski definition) is 1. The van der Waals surface area contributed by atoms with Gasteiger partial charge in [0.25, 0.3) is 0 Å². The molecule has 2 N–H and O–H groups in total. The standard InChI is InChI=1S/C16H24N4/c1-4-16-18-14-9-12(17)5-8-15(14)20(16)10-11(2)19(3)13-6-7-13/h5,8-9,11,13H,4,6-7,10,17H2,1-3H3. The number of nitrogens with zero attached hydrogens (tertiary/aromatic N) is 3. The number of imidazole rings is 1. The molecule has 1 aliphatic rings. The van der Waals surface area contributed by atoms with Gasteiger partial charge in [0.1, 0.15) is 5.82 Å². The molecule has 1 saturated carbocycles. The summed E-state index contributed by atoms with van der Waals surface area (Å²) >= 11 is 0. The Kier molecular flexibility index (Phi) is 3.42. The molecule has 0 bridgehead atoms. The summed E-state index contributed by atoms with van der Waals surface area (Å²) in [6.07, 6.45) is 3.65. The number of aryl methyl sites for hydroxylation is 1. The molecule has 0 radical (unpaired) electrons. The smallest absolute Gasteiger partial charge is 0.109 e. The Hall–Kier alpha value is -1.55. The van der Waals surface area contributed by atoms with E-state index in [1.165, 1.54) is 18.4 Å². The van der Waals surface area contributed by atoms with Gasteiger partial charge >= 0.3 is 0 Å². The Morgan fingerprint density at radius 1 is 1.45 bits per heavy atom. The molecule has 1 atom stereocenters. The number of aromatic nitrogens is 2. The van der Waals surface area contributed by atoms with E-state index in [-0.39, 0.29) is 0 Å². The van der Waals surface area contributed by atoms with Gasteiger partial charge in [-0.2, -0.15) is 0 Å². The molecule has 4 heteroatoms. The van der Waals surface area contributed by atoms with E-state index in [0.717, 1.165) is 36.0 Å². The van der Waals surface area contributed by atoms with Crippen LogP contribution in [0.2, 0.25) is 0 Å². The van der Waals surface area contributed by atoms with Crippen molar-refractivity contribution in [2.24, 2.45) is 0 Å². The first-order valence-electron chi connectivity index (χ1n) is 7.56. The van der Waals surface area contributed by atoms with E-state index in [9.17, 15) is 0 Å². The second-order valence-corrected chi connectivity index (χ2v) is 5.99. The van der Waals surface area contributed by atoms with Crippen LogP contribution >= 0.6 is 0 Å². The predicted molar refractivity (Wildman–Crippen MR) is 83.8 cm³/mol. The van der Waals surface area contributed by atoms with Gasteiger partial charge in [0, 0.05) is 30.7 Å². The molecule has 1 aromatic heterocycles. The monoisotopic (exact) mass is 272 g/mol. The molecule has 4 nitrogen and oxygen atoms in total. The van der Waals surface area contributed by atoms with E-state index in [1.807, 2.05) is 12.1 Å². The van der Waals surface area contributed by atoms with E-state index >= 15 is 0 Å². The van der Waals surface area contributed by atoms with Crippen LogP contribution in [0.1, 0.15) is 32.5 Å². The maximum atomic E-state index is 5.86. The first kappa shape index (κ1) is 13.4. The van der Waals surface area contributed by atoms with Gasteiger partial charge in [-0.15, -0.1) is 0 Å². The Balaban J connectivity index is 1.92. The molecule has 0 aliphatic heterocycles. The number of fused-ring (bicyclic) bond motifs is 1. The SMILES string of the molecule is CCc1nc2cc(N)ccc2n1CC(C)N(C)C1CC1. The van der Waals surface area contributed by atoms with Crippen molar-refractivity contribution < 1.29 is 0 Å². The molecule has 20 heavy (non-hydrogen) atoms. The molecule has 0 spiro atoms. The summed E-state index contributed by atoms with van der Waals surface area (Å²) < 4.78 is 2.36. The minimum absolute atomic E-state index is 0.530. The van der Waals surface area contributed by atoms with E-state index in [0.29, 0.717) is 6.04 Å². The summed E-state index contributed by atoms with van der Waals surface area (Å²) in [7, 11) is 2.24. The van der Waals surface area contributed by atoms with Crippen LogP contribution in [0.25, 0.3) is 11.0 Å². The predicted octanol–water partition coefficient (Wildman–Crippen LogP) is 2.66. The van der Waals surface area contributed by atoms with Crippen molar-refractivity contribution in [3.05, 3.63) is 24.0 Å². The second-order valence-electron chi connectivity index (χ2n) is 5.99. The van der Waals surface area contributed by atoms with Gasteiger partial charge in [-0.1, -0.05) is 6.92 Å². The van der Waals surface area contributed by atoms with Crippen molar-refractivity contribution in [2.45, 2.75) is 51.7 Å². The van der Waals surface area contributed by atoms with Crippen molar-refractivity contribution in [1.29, 1.82) is 0 Å². The van der Waals surface area contributed by atoms with E-state index in [4.69, 9.17) is 10.7 Å². The minimum atomic E-state index is 0.530. The maximum absolute atomic E-state index is 5.86. The summed E-state index contributed by atoms with van der Waals surface area (Å²) in [4.78, 5) is 7.23. The molecule has 108 valence electrons. The van der Waals surface area contributed by atoms with Gasteiger partial charge in [0.05, 0.1) is 11.0 Å². The van der Waals surface area contributed by atoms with Crippen LogP contribution in [0.3, 0.4) is 0 Å². The van der Waals surface area contributed by atoms with Crippen molar-refractivity contribution in [1.82, 2.24) is 14.5 Å². The summed E-state index contributed by atoms with van der Waals surface area (Å²) in [5.74, 6) is 1.15. The maximum Gasteiger partial charge on any atom is 0.109 e. The number of anilines is 1. The molecule has 1 aromatic carbocycles. The summed E-state index contributed by atoms with van der Waals surface area (Å²) in [6, 6.07) is 7.36. The lowest BCUT2D eigenvalue weighted by Crippen LogP contribution is -2.34. The number of nitrogens with two attached hydrogens (primary N) is 1. The molecule has 0 amide bonds. The summed E-state index contributed by atoms with van der Waals surface area (Å²) in [6.45, 7) is 5.47. The van der Waals surface area contributed by atoms with Crippen LogP contribution in [0.4, 0.5) is 5.69 Å². The van der Waals surface area contributed by atoms with E-state index in [2.05, 4.69) is 36.4 Å². The zero-order chi connectivity index (χ0) is 14.3. The lowest BCUT2D eigenvalue weighted by Gasteiger charge is -2.25. The second kappa shape index (κ2) is 5.09. The van der Waals surface area contributed by atoms with Crippen LogP contribution in [0.5, 0.6) is 0 Å². The highest BCUT2D eigenvalue weighted by atomic mass is 15.2. The van der Waals surface area contributed by atoms with Gasteiger partial charge < -0.3 is 10.3 Å². The Morgan fingerprint density at radius 2 is 2.20 bits per heavy atom. The van der Waals surface area contributed by atoms with Crippen molar-refractivity contribution >= 4 is 16.7 Å². The Labute approximate surface area is 120 Å². The minimum Gasteiger partial charge on any atom is -0.399 e. The molecule has 1 heterocycles. The van der Waals surface area contributed by atoms with Crippen LogP contribution in [0.15, 0.2) is 18.2 Å². The third kappa shape index (κ3) is 2.40. The fraction of sp³-hybridized carbons (Fsp3) is 0.562. The van der Waals surface area contributed by atoms with Crippen LogP contribution in [-0.2, 0) is 13.0 Å². The third-order valence-corrected chi connectivity index (χ3v) is 4.43. The van der Waals surface area contributed by atoms with E-state index < -0.39 is 0 Å². The zero-order valence-corrected chi connectivity index (χ0v) is 12.6. The highest BCUT2D eigenvalue weighted by Gasteiger charge is 2.29. The fourth-order valence-corrected chi connectivity index (χ4v) is 2.91. The Bertz CT molecular complexity index is 612. The average Bonchev–Trinajstić information content (AvgIpc) is 3.22. The average molecular weight is 272 g/mol. The number of benzene rings is 1. The lowest BCUT2D eigenvalue weighted by atomic mass is 10.2. The number of rotatable bonds is 5. The summed E-state index contributed by atoms with van der Waals surface area (Å²) in [5, 5.41) is 0. The third-order valence-electron chi connectivity index (χ3n) is 4.43. The van der Waals surface area contributed by atoms with Gasteiger partial charge in [-0.25, -0.2) is 4.98 Å². The molecule has 1 unspecified atom stereocenters. The van der Waals surface area contributed by atoms with Crippen LogP contribution < -0.4 is 5.73 Å². The molecular weight excluding hydrogens is 248 g/mol. The molecular formula is C16H24N4.